The molecule has 1 fully saturated rings. The molecule has 0 atom stereocenters. The predicted octanol–water partition coefficient (Wildman–Crippen LogP) is 1.60. The van der Waals surface area contributed by atoms with Gasteiger partial charge in [0.2, 0.25) is 0 Å². The number of ether oxygens (including phenoxy) is 1. The monoisotopic (exact) mass is 294 g/mol. The van der Waals surface area contributed by atoms with Gasteiger partial charge in [-0.25, -0.2) is 9.38 Å². The van der Waals surface area contributed by atoms with Gasteiger partial charge < -0.3 is 9.64 Å². The largest absolute Gasteiger partial charge is 0.378 e. The Labute approximate surface area is 121 Å². The summed E-state index contributed by atoms with van der Waals surface area (Å²) in [4.78, 5) is 5.61. The van der Waals surface area contributed by atoms with Crippen molar-refractivity contribution in [1.82, 2.24) is 9.88 Å². The lowest BCUT2D eigenvalue weighted by Gasteiger charge is -2.28. The van der Waals surface area contributed by atoms with Gasteiger partial charge in [-0.05, 0) is 6.07 Å². The second kappa shape index (κ2) is 5.90. The van der Waals surface area contributed by atoms with E-state index in [2.05, 4.69) is 26.5 Å². The molecular formula is C13H16N3OS2+. The van der Waals surface area contributed by atoms with Gasteiger partial charge in [-0.15, -0.1) is 0 Å². The first-order valence-corrected chi connectivity index (χ1v) is 7.70. The van der Waals surface area contributed by atoms with Gasteiger partial charge in [0, 0.05) is 19.2 Å². The number of rotatable bonds is 2. The van der Waals surface area contributed by atoms with Crippen molar-refractivity contribution in [3.05, 3.63) is 36.3 Å². The van der Waals surface area contributed by atoms with Crippen molar-refractivity contribution in [2.24, 2.45) is 0 Å². The summed E-state index contributed by atoms with van der Waals surface area (Å²) in [5.74, 6) is 0.873. The van der Waals surface area contributed by atoms with Crippen molar-refractivity contribution in [3.63, 3.8) is 0 Å². The molecule has 3 rings (SSSR count). The highest BCUT2D eigenvalue weighted by molar-refractivity contribution is 8.22. The third kappa shape index (κ3) is 3.08. The van der Waals surface area contributed by atoms with Crippen LogP contribution in [0.3, 0.4) is 0 Å². The van der Waals surface area contributed by atoms with Crippen molar-refractivity contribution < 1.29 is 9.14 Å². The SMILES string of the molecule is S=C(SCc1c[n+]2ccccc2[nH]1)N1CCOCC1. The van der Waals surface area contributed by atoms with E-state index in [0.717, 1.165) is 42.0 Å². The Morgan fingerprint density at radius 2 is 2.26 bits per heavy atom. The quantitative estimate of drug-likeness (QED) is 0.674. The Hall–Kier alpha value is -1.11. The number of imidazole rings is 1. The fourth-order valence-corrected chi connectivity index (χ4v) is 3.24. The first-order valence-electron chi connectivity index (χ1n) is 6.30. The maximum atomic E-state index is 5.47. The zero-order chi connectivity index (χ0) is 13.1. The van der Waals surface area contributed by atoms with Crippen molar-refractivity contribution >= 4 is 33.9 Å². The van der Waals surface area contributed by atoms with Crippen LogP contribution in [0.1, 0.15) is 5.69 Å². The molecule has 0 unspecified atom stereocenters. The van der Waals surface area contributed by atoms with E-state index in [1.807, 2.05) is 18.3 Å². The summed E-state index contributed by atoms with van der Waals surface area (Å²) in [7, 11) is 0. The number of morpholine rings is 1. The summed E-state index contributed by atoms with van der Waals surface area (Å²) < 4.78 is 8.39. The van der Waals surface area contributed by atoms with Gasteiger partial charge in [-0.2, -0.15) is 0 Å². The minimum Gasteiger partial charge on any atom is -0.378 e. The molecular weight excluding hydrogens is 278 g/mol. The van der Waals surface area contributed by atoms with Crippen molar-refractivity contribution in [2.45, 2.75) is 5.75 Å². The molecule has 0 radical (unpaired) electrons. The lowest BCUT2D eigenvalue weighted by atomic mass is 10.5. The van der Waals surface area contributed by atoms with Gasteiger partial charge in [0.05, 0.1) is 25.2 Å². The Bertz CT molecular complexity index is 545. The average molecular weight is 294 g/mol. The van der Waals surface area contributed by atoms with Crippen molar-refractivity contribution in [2.75, 3.05) is 26.3 Å². The topological polar surface area (TPSA) is 32.4 Å². The van der Waals surface area contributed by atoms with E-state index in [4.69, 9.17) is 17.0 Å². The van der Waals surface area contributed by atoms with Crippen LogP contribution in [0.5, 0.6) is 0 Å². The fourth-order valence-electron chi connectivity index (χ4n) is 2.09. The van der Waals surface area contributed by atoms with Crippen LogP contribution >= 0.6 is 24.0 Å². The highest BCUT2D eigenvalue weighted by Crippen LogP contribution is 2.16. The van der Waals surface area contributed by atoms with Gasteiger partial charge in [-0.3, -0.25) is 0 Å². The number of thioether (sulfide) groups is 1. The number of hydrogen-bond acceptors (Lipinski definition) is 3. The number of nitrogens with zero attached hydrogens (tertiary/aromatic N) is 2. The number of aromatic nitrogens is 2. The predicted molar refractivity (Wildman–Crippen MR) is 80.2 cm³/mol. The van der Waals surface area contributed by atoms with E-state index >= 15 is 0 Å². The fraction of sp³-hybridized carbons (Fsp3) is 0.385. The smallest absolute Gasteiger partial charge is 0.284 e. The number of H-pyrrole nitrogens is 1. The maximum absolute atomic E-state index is 5.47. The standard InChI is InChI=1S/C13H15N3OS2/c18-13(15-5-7-17-8-6-15)19-10-11-9-16-4-2-1-3-12(16)14-11/h1-4,9H,5-8,10H2/p+1. The summed E-state index contributed by atoms with van der Waals surface area (Å²) in [6.45, 7) is 3.38. The van der Waals surface area contributed by atoms with E-state index in [0.29, 0.717) is 0 Å². The second-order valence-corrected chi connectivity index (χ2v) is 6.04. The number of hydrogen-bond donors (Lipinski definition) is 1. The van der Waals surface area contributed by atoms with Crippen LogP contribution in [-0.2, 0) is 10.5 Å². The molecule has 1 saturated heterocycles. The molecule has 0 bridgehead atoms. The molecule has 1 aliphatic heterocycles. The minimum absolute atomic E-state index is 0.781. The Kier molecular flexibility index (Phi) is 4.00. The molecule has 2 aromatic rings. The van der Waals surface area contributed by atoms with E-state index in [9.17, 15) is 0 Å². The first-order chi connectivity index (χ1) is 9.33. The van der Waals surface area contributed by atoms with Crippen LogP contribution < -0.4 is 4.40 Å². The molecule has 0 aliphatic carbocycles. The van der Waals surface area contributed by atoms with Crippen molar-refractivity contribution in [1.29, 1.82) is 0 Å². The van der Waals surface area contributed by atoms with Crippen LogP contribution in [0.15, 0.2) is 30.6 Å². The lowest BCUT2D eigenvalue weighted by molar-refractivity contribution is -0.510. The highest BCUT2D eigenvalue weighted by Gasteiger charge is 2.15. The number of nitrogens with one attached hydrogen (secondary N) is 1. The number of fused-ring (bicyclic) bond motifs is 1. The molecule has 0 saturated carbocycles. The lowest BCUT2D eigenvalue weighted by Crippen LogP contribution is -2.38. The molecule has 6 heteroatoms. The van der Waals surface area contributed by atoms with E-state index < -0.39 is 0 Å². The van der Waals surface area contributed by atoms with E-state index in [1.54, 1.807) is 11.8 Å². The summed E-state index contributed by atoms with van der Waals surface area (Å²) in [5, 5.41) is 0. The van der Waals surface area contributed by atoms with Gasteiger partial charge in [0.15, 0.2) is 5.69 Å². The third-order valence-electron chi connectivity index (χ3n) is 3.09. The van der Waals surface area contributed by atoms with Gasteiger partial charge in [0.25, 0.3) is 5.65 Å². The maximum Gasteiger partial charge on any atom is 0.284 e. The molecule has 100 valence electrons. The first kappa shape index (κ1) is 12.9. The zero-order valence-electron chi connectivity index (χ0n) is 10.5. The van der Waals surface area contributed by atoms with Crippen LogP contribution in [0, 0.1) is 0 Å². The molecule has 0 aromatic carbocycles. The summed E-state index contributed by atoms with van der Waals surface area (Å²) in [6.07, 6.45) is 4.16. The number of pyridine rings is 1. The van der Waals surface area contributed by atoms with Gasteiger partial charge in [0.1, 0.15) is 10.5 Å². The normalized spacial score (nSPS) is 15.9. The van der Waals surface area contributed by atoms with Crippen LogP contribution in [0.25, 0.3) is 5.65 Å². The Morgan fingerprint density at radius 1 is 1.42 bits per heavy atom. The Balaban J connectivity index is 1.60. The van der Waals surface area contributed by atoms with Crippen LogP contribution in [0.4, 0.5) is 0 Å². The molecule has 1 aliphatic rings. The van der Waals surface area contributed by atoms with E-state index in [-0.39, 0.29) is 0 Å². The number of aromatic amines is 1. The molecule has 3 heterocycles. The second-order valence-electron chi connectivity index (χ2n) is 4.43. The molecule has 19 heavy (non-hydrogen) atoms. The van der Waals surface area contributed by atoms with Crippen LogP contribution in [0.2, 0.25) is 0 Å². The number of thiocarbonyl (C=S) groups is 1. The average Bonchev–Trinajstić information content (AvgIpc) is 2.88. The molecule has 1 N–H and O–H groups in total. The summed E-state index contributed by atoms with van der Waals surface area (Å²) >= 11 is 7.18. The van der Waals surface area contributed by atoms with Crippen LogP contribution in [-0.4, -0.2) is 40.5 Å². The summed E-state index contributed by atoms with van der Waals surface area (Å²) in [5.41, 5.74) is 2.29. The van der Waals surface area contributed by atoms with Gasteiger partial charge in [-0.1, -0.05) is 30.0 Å². The highest BCUT2D eigenvalue weighted by atomic mass is 32.2. The molecule has 4 nitrogen and oxygen atoms in total. The van der Waals surface area contributed by atoms with E-state index in [1.165, 1.54) is 5.69 Å². The molecule has 0 amide bonds. The Morgan fingerprint density at radius 3 is 3.05 bits per heavy atom. The summed E-state index contributed by atoms with van der Waals surface area (Å²) in [6, 6.07) is 6.12. The minimum atomic E-state index is 0.781. The zero-order valence-corrected chi connectivity index (χ0v) is 12.2. The molecule has 0 spiro atoms. The third-order valence-corrected chi connectivity index (χ3v) is 4.67. The molecule has 2 aromatic heterocycles. The van der Waals surface area contributed by atoms with Crippen molar-refractivity contribution in [3.8, 4) is 0 Å². The van der Waals surface area contributed by atoms with Gasteiger partial charge >= 0.3 is 0 Å².